The van der Waals surface area contributed by atoms with Crippen LogP contribution in [0.1, 0.15) is 37.4 Å². The third-order valence-corrected chi connectivity index (χ3v) is 5.24. The predicted molar refractivity (Wildman–Crippen MR) is 99.0 cm³/mol. The molecule has 2 aromatic rings. The van der Waals surface area contributed by atoms with E-state index in [1.165, 1.54) is 0 Å². The van der Waals surface area contributed by atoms with E-state index in [9.17, 15) is 4.79 Å². The Labute approximate surface area is 152 Å². The summed E-state index contributed by atoms with van der Waals surface area (Å²) in [6, 6.07) is 3.73. The fourth-order valence-corrected chi connectivity index (χ4v) is 3.61. The lowest BCUT2D eigenvalue weighted by Crippen LogP contribution is -2.32. The number of rotatable bonds is 2. The molecule has 0 bridgehead atoms. The third kappa shape index (κ3) is 2.53. The standard InChI is InChI=1S/C20H21N5O/c1-12-5-8-18(24-23-12)25-17-9-14(15-10-21-13(2)22-11-15)6-7-16(17)20(3,4)19(25)26/h5-6,8-11,16H,7H2,1-4H3. The number of anilines is 1. The van der Waals surface area contributed by atoms with Gasteiger partial charge in [0.25, 0.3) is 0 Å². The van der Waals surface area contributed by atoms with Gasteiger partial charge in [0.2, 0.25) is 5.91 Å². The molecule has 0 radical (unpaired) electrons. The molecule has 1 amide bonds. The van der Waals surface area contributed by atoms with Crippen LogP contribution in [-0.4, -0.2) is 26.1 Å². The number of fused-ring (bicyclic) bond motifs is 1. The minimum absolute atomic E-state index is 0.0571. The quantitative estimate of drug-likeness (QED) is 0.834. The summed E-state index contributed by atoms with van der Waals surface area (Å²) in [6.45, 7) is 7.75. The molecule has 1 fully saturated rings. The highest BCUT2D eigenvalue weighted by Crippen LogP contribution is 2.49. The van der Waals surface area contributed by atoms with Crippen molar-refractivity contribution in [2.45, 2.75) is 34.1 Å². The second kappa shape index (κ2) is 5.83. The predicted octanol–water partition coefficient (Wildman–Crippen LogP) is 3.24. The number of aryl methyl sites for hydroxylation is 2. The van der Waals surface area contributed by atoms with Gasteiger partial charge in [0.15, 0.2) is 5.82 Å². The summed E-state index contributed by atoms with van der Waals surface area (Å²) >= 11 is 0. The van der Waals surface area contributed by atoms with Gasteiger partial charge in [0, 0.05) is 29.6 Å². The van der Waals surface area contributed by atoms with E-state index in [0.717, 1.165) is 34.8 Å². The highest BCUT2D eigenvalue weighted by Gasteiger charge is 2.51. The number of hydrogen-bond acceptors (Lipinski definition) is 5. The lowest BCUT2D eigenvalue weighted by Gasteiger charge is -2.25. The van der Waals surface area contributed by atoms with Crippen LogP contribution in [0.2, 0.25) is 0 Å². The van der Waals surface area contributed by atoms with Crippen LogP contribution in [0, 0.1) is 25.2 Å². The van der Waals surface area contributed by atoms with Gasteiger partial charge in [-0.05, 0) is 44.1 Å². The van der Waals surface area contributed by atoms with E-state index < -0.39 is 5.41 Å². The van der Waals surface area contributed by atoms with Crippen LogP contribution < -0.4 is 4.90 Å². The Balaban J connectivity index is 1.79. The van der Waals surface area contributed by atoms with E-state index >= 15 is 0 Å². The van der Waals surface area contributed by atoms with Crippen molar-refractivity contribution in [3.63, 3.8) is 0 Å². The zero-order valence-corrected chi connectivity index (χ0v) is 15.4. The largest absolute Gasteiger partial charge is 0.273 e. The zero-order chi connectivity index (χ0) is 18.5. The number of nitrogens with zero attached hydrogens (tertiary/aromatic N) is 5. The van der Waals surface area contributed by atoms with Crippen LogP contribution in [0.25, 0.3) is 5.57 Å². The fourth-order valence-electron chi connectivity index (χ4n) is 3.61. The lowest BCUT2D eigenvalue weighted by molar-refractivity contribution is -0.125. The summed E-state index contributed by atoms with van der Waals surface area (Å²) < 4.78 is 0. The van der Waals surface area contributed by atoms with Gasteiger partial charge < -0.3 is 0 Å². The molecule has 1 aliphatic heterocycles. The molecule has 1 atom stereocenters. The number of aromatic nitrogens is 4. The fraction of sp³-hybridized carbons (Fsp3) is 0.350. The minimum atomic E-state index is -0.482. The van der Waals surface area contributed by atoms with Crippen molar-refractivity contribution in [3.05, 3.63) is 59.5 Å². The number of allylic oxidation sites excluding steroid dienone is 4. The van der Waals surface area contributed by atoms with Gasteiger partial charge in [-0.15, -0.1) is 5.10 Å². The van der Waals surface area contributed by atoms with E-state index in [-0.39, 0.29) is 11.8 Å². The Morgan fingerprint density at radius 3 is 2.50 bits per heavy atom. The molecule has 26 heavy (non-hydrogen) atoms. The molecular formula is C20H21N5O. The van der Waals surface area contributed by atoms with E-state index in [1.807, 2.05) is 52.2 Å². The van der Waals surface area contributed by atoms with E-state index in [1.54, 1.807) is 4.90 Å². The van der Waals surface area contributed by atoms with Crippen molar-refractivity contribution < 1.29 is 4.79 Å². The second-order valence-corrected chi connectivity index (χ2v) is 7.43. The summed E-state index contributed by atoms with van der Waals surface area (Å²) in [4.78, 5) is 23.4. The van der Waals surface area contributed by atoms with Crippen LogP contribution in [0.5, 0.6) is 0 Å². The Hall–Kier alpha value is -2.89. The molecule has 0 aromatic carbocycles. The maximum atomic E-state index is 13.1. The van der Waals surface area contributed by atoms with Gasteiger partial charge >= 0.3 is 0 Å². The Morgan fingerprint density at radius 2 is 1.85 bits per heavy atom. The lowest BCUT2D eigenvalue weighted by atomic mass is 9.75. The highest BCUT2D eigenvalue weighted by atomic mass is 16.2. The maximum Gasteiger partial charge on any atom is 0.238 e. The minimum Gasteiger partial charge on any atom is -0.273 e. The first kappa shape index (κ1) is 16.6. The second-order valence-electron chi connectivity index (χ2n) is 7.43. The van der Waals surface area contributed by atoms with Crippen LogP contribution in [0.15, 0.2) is 42.4 Å². The molecule has 132 valence electrons. The van der Waals surface area contributed by atoms with Gasteiger partial charge in [0.05, 0.1) is 11.1 Å². The summed E-state index contributed by atoms with van der Waals surface area (Å²) in [5.41, 5.74) is 3.30. The normalized spacial score (nSPS) is 21.3. The Morgan fingerprint density at radius 1 is 1.12 bits per heavy atom. The zero-order valence-electron chi connectivity index (χ0n) is 15.4. The van der Waals surface area contributed by atoms with Crippen LogP contribution in [0.3, 0.4) is 0 Å². The van der Waals surface area contributed by atoms with Crippen LogP contribution in [-0.2, 0) is 4.79 Å². The average Bonchev–Trinajstić information content (AvgIpc) is 2.83. The van der Waals surface area contributed by atoms with Gasteiger partial charge in [0.1, 0.15) is 5.82 Å². The van der Waals surface area contributed by atoms with Crippen LogP contribution >= 0.6 is 0 Å². The molecule has 0 spiro atoms. The summed E-state index contributed by atoms with van der Waals surface area (Å²) in [6.07, 6.45) is 8.68. The average molecular weight is 347 g/mol. The van der Waals surface area contributed by atoms with Crippen LogP contribution in [0.4, 0.5) is 5.82 Å². The Kier molecular flexibility index (Phi) is 3.72. The van der Waals surface area contributed by atoms with Gasteiger partial charge in [-0.3, -0.25) is 9.69 Å². The molecular weight excluding hydrogens is 326 g/mol. The van der Waals surface area contributed by atoms with Crippen molar-refractivity contribution in [3.8, 4) is 0 Å². The van der Waals surface area contributed by atoms with Gasteiger partial charge in [-0.2, -0.15) is 5.10 Å². The molecule has 4 rings (SSSR count). The summed E-state index contributed by atoms with van der Waals surface area (Å²) in [7, 11) is 0. The molecule has 0 N–H and O–H groups in total. The molecule has 6 heteroatoms. The van der Waals surface area contributed by atoms with Gasteiger partial charge in [-0.1, -0.05) is 19.9 Å². The molecule has 1 unspecified atom stereocenters. The molecule has 1 aliphatic carbocycles. The maximum absolute atomic E-state index is 13.1. The molecule has 3 heterocycles. The summed E-state index contributed by atoms with van der Waals surface area (Å²) in [5.74, 6) is 1.49. The first-order valence-electron chi connectivity index (χ1n) is 8.73. The van der Waals surface area contributed by atoms with E-state index in [2.05, 4.69) is 32.3 Å². The Bertz CT molecular complexity index is 926. The van der Waals surface area contributed by atoms with E-state index in [4.69, 9.17) is 0 Å². The smallest absolute Gasteiger partial charge is 0.238 e. The topological polar surface area (TPSA) is 71.9 Å². The van der Waals surface area contributed by atoms with Gasteiger partial charge in [-0.25, -0.2) is 9.97 Å². The number of carbonyl (C=O) groups is 1. The van der Waals surface area contributed by atoms with Crippen molar-refractivity contribution in [1.82, 2.24) is 20.2 Å². The first-order chi connectivity index (χ1) is 12.4. The molecule has 1 saturated heterocycles. The molecule has 0 saturated carbocycles. The highest BCUT2D eigenvalue weighted by molar-refractivity contribution is 6.04. The van der Waals surface area contributed by atoms with E-state index in [0.29, 0.717) is 5.82 Å². The molecule has 6 nitrogen and oxygen atoms in total. The van der Waals surface area contributed by atoms with Crippen molar-refractivity contribution in [2.24, 2.45) is 11.3 Å². The SMILES string of the molecule is Cc1ccc(N2C(=O)C(C)(C)C3CC=C(c4cnc(C)nc4)C=C32)nn1. The molecule has 2 aliphatic rings. The third-order valence-electron chi connectivity index (χ3n) is 5.24. The molecule has 2 aromatic heterocycles. The van der Waals surface area contributed by atoms with Crippen molar-refractivity contribution >= 4 is 17.3 Å². The number of hydrogen-bond donors (Lipinski definition) is 0. The number of amides is 1. The van der Waals surface area contributed by atoms with Crippen molar-refractivity contribution in [1.29, 1.82) is 0 Å². The van der Waals surface area contributed by atoms with Crippen molar-refractivity contribution in [2.75, 3.05) is 4.90 Å². The first-order valence-corrected chi connectivity index (χ1v) is 8.73. The monoisotopic (exact) mass is 347 g/mol. The number of carbonyl (C=O) groups excluding carboxylic acids is 1. The summed E-state index contributed by atoms with van der Waals surface area (Å²) in [5, 5.41) is 8.37.